The number of halogens is 1. The standard InChI is InChI=1S/C15H19FN2O3/c1-2-7-15(14(20)21)8-4-9-18(10-15)13(19)11-5-3-6-12(16)17-11/h3,5-6H,2,4,7-10H2,1H3,(H,20,21). The van der Waals surface area contributed by atoms with Crippen molar-refractivity contribution in [3.05, 3.63) is 29.8 Å². The van der Waals surface area contributed by atoms with Gasteiger partial charge in [-0.05, 0) is 31.4 Å². The van der Waals surface area contributed by atoms with Gasteiger partial charge in [0.25, 0.3) is 5.91 Å². The summed E-state index contributed by atoms with van der Waals surface area (Å²) in [6.07, 6.45) is 2.47. The summed E-state index contributed by atoms with van der Waals surface area (Å²) >= 11 is 0. The minimum absolute atomic E-state index is 0.0210. The molecule has 6 heteroatoms. The predicted molar refractivity (Wildman–Crippen MR) is 74.3 cm³/mol. The van der Waals surface area contributed by atoms with E-state index >= 15 is 0 Å². The summed E-state index contributed by atoms with van der Waals surface area (Å²) in [5, 5.41) is 9.52. The van der Waals surface area contributed by atoms with Crippen molar-refractivity contribution < 1.29 is 19.1 Å². The number of carbonyl (C=O) groups is 2. The van der Waals surface area contributed by atoms with Crippen LogP contribution >= 0.6 is 0 Å². The van der Waals surface area contributed by atoms with Gasteiger partial charge in [0, 0.05) is 13.1 Å². The number of piperidine rings is 1. The van der Waals surface area contributed by atoms with E-state index in [1.54, 1.807) is 0 Å². The predicted octanol–water partition coefficient (Wildman–Crippen LogP) is 2.33. The molecular formula is C15H19FN2O3. The molecule has 2 rings (SSSR count). The van der Waals surface area contributed by atoms with Crippen LogP contribution in [0.25, 0.3) is 0 Å². The summed E-state index contributed by atoms with van der Waals surface area (Å²) in [6.45, 7) is 2.57. The number of rotatable bonds is 4. The van der Waals surface area contributed by atoms with E-state index in [0.29, 0.717) is 25.8 Å². The Balaban J connectivity index is 2.20. The van der Waals surface area contributed by atoms with E-state index in [4.69, 9.17) is 0 Å². The van der Waals surface area contributed by atoms with Crippen molar-refractivity contribution in [2.24, 2.45) is 5.41 Å². The van der Waals surface area contributed by atoms with Crippen LogP contribution in [0.3, 0.4) is 0 Å². The molecule has 0 aromatic carbocycles. The van der Waals surface area contributed by atoms with Crippen LogP contribution in [0.2, 0.25) is 0 Å². The number of pyridine rings is 1. The third-order valence-corrected chi connectivity index (χ3v) is 3.98. The molecule has 5 nitrogen and oxygen atoms in total. The quantitative estimate of drug-likeness (QED) is 0.865. The number of aliphatic carboxylic acids is 1. The first kappa shape index (κ1) is 15.4. The van der Waals surface area contributed by atoms with Crippen LogP contribution in [0.5, 0.6) is 0 Å². The average Bonchev–Trinajstić information content (AvgIpc) is 2.47. The fourth-order valence-electron chi connectivity index (χ4n) is 2.96. The van der Waals surface area contributed by atoms with Crippen molar-refractivity contribution in [2.75, 3.05) is 13.1 Å². The molecule has 0 spiro atoms. The van der Waals surface area contributed by atoms with Gasteiger partial charge in [0.15, 0.2) is 0 Å². The van der Waals surface area contributed by atoms with E-state index in [9.17, 15) is 19.1 Å². The molecule has 1 N–H and O–H groups in total. The summed E-state index contributed by atoms with van der Waals surface area (Å²) in [4.78, 5) is 29.0. The molecule has 1 aromatic heterocycles. The van der Waals surface area contributed by atoms with Crippen molar-refractivity contribution in [3.63, 3.8) is 0 Å². The third kappa shape index (κ3) is 3.20. The second-order valence-corrected chi connectivity index (χ2v) is 5.51. The molecule has 1 unspecified atom stereocenters. The van der Waals surface area contributed by atoms with Crippen LogP contribution in [-0.4, -0.2) is 40.0 Å². The highest BCUT2D eigenvalue weighted by Crippen LogP contribution is 2.35. The molecule has 1 saturated heterocycles. The lowest BCUT2D eigenvalue weighted by Gasteiger charge is -2.39. The van der Waals surface area contributed by atoms with Crippen LogP contribution in [0, 0.1) is 11.4 Å². The van der Waals surface area contributed by atoms with Crippen molar-refractivity contribution in [1.29, 1.82) is 0 Å². The van der Waals surface area contributed by atoms with E-state index in [2.05, 4.69) is 4.98 Å². The summed E-state index contributed by atoms with van der Waals surface area (Å²) in [5.74, 6) is -1.99. The molecule has 0 saturated carbocycles. The van der Waals surface area contributed by atoms with Crippen molar-refractivity contribution in [3.8, 4) is 0 Å². The number of aromatic nitrogens is 1. The molecule has 1 fully saturated rings. The van der Waals surface area contributed by atoms with Gasteiger partial charge >= 0.3 is 5.97 Å². The van der Waals surface area contributed by atoms with Crippen LogP contribution in [-0.2, 0) is 4.79 Å². The Labute approximate surface area is 122 Å². The van der Waals surface area contributed by atoms with Crippen LogP contribution in [0.4, 0.5) is 4.39 Å². The van der Waals surface area contributed by atoms with E-state index in [-0.39, 0.29) is 12.2 Å². The fraction of sp³-hybridized carbons (Fsp3) is 0.533. The highest BCUT2D eigenvalue weighted by Gasteiger charge is 2.43. The normalized spacial score (nSPS) is 22.1. The maximum atomic E-state index is 13.1. The van der Waals surface area contributed by atoms with Gasteiger partial charge in [-0.15, -0.1) is 0 Å². The van der Waals surface area contributed by atoms with E-state index in [1.807, 2.05) is 6.92 Å². The summed E-state index contributed by atoms with van der Waals surface area (Å²) in [5.41, 5.74) is -0.872. The zero-order valence-corrected chi connectivity index (χ0v) is 12.0. The smallest absolute Gasteiger partial charge is 0.311 e. The Morgan fingerprint density at radius 1 is 1.48 bits per heavy atom. The number of carbonyl (C=O) groups excluding carboxylic acids is 1. The lowest BCUT2D eigenvalue weighted by Crippen LogP contribution is -2.50. The van der Waals surface area contributed by atoms with E-state index < -0.39 is 23.2 Å². The highest BCUT2D eigenvalue weighted by molar-refractivity contribution is 5.92. The first-order valence-corrected chi connectivity index (χ1v) is 7.14. The second-order valence-electron chi connectivity index (χ2n) is 5.51. The minimum atomic E-state index is -0.893. The molecule has 1 aliphatic rings. The molecular weight excluding hydrogens is 275 g/mol. The number of likely N-dealkylation sites (tertiary alicyclic amines) is 1. The first-order valence-electron chi connectivity index (χ1n) is 7.14. The van der Waals surface area contributed by atoms with Gasteiger partial charge in [-0.2, -0.15) is 4.39 Å². The second kappa shape index (κ2) is 6.20. The number of carboxylic acids is 1. The molecule has 1 amide bonds. The Bertz CT molecular complexity index is 545. The Morgan fingerprint density at radius 2 is 2.24 bits per heavy atom. The molecule has 0 radical (unpaired) electrons. The number of amides is 1. The molecule has 114 valence electrons. The maximum Gasteiger partial charge on any atom is 0.311 e. The Hall–Kier alpha value is -1.98. The molecule has 1 aliphatic heterocycles. The average molecular weight is 294 g/mol. The molecule has 1 aromatic rings. The van der Waals surface area contributed by atoms with Gasteiger partial charge < -0.3 is 10.0 Å². The first-order chi connectivity index (χ1) is 9.98. The number of carboxylic acid groups (broad SMARTS) is 1. The zero-order valence-electron chi connectivity index (χ0n) is 12.0. The van der Waals surface area contributed by atoms with Gasteiger partial charge in [-0.1, -0.05) is 19.4 Å². The van der Waals surface area contributed by atoms with Gasteiger partial charge in [0.05, 0.1) is 5.41 Å². The van der Waals surface area contributed by atoms with Gasteiger partial charge in [0.1, 0.15) is 5.69 Å². The summed E-state index contributed by atoms with van der Waals surface area (Å²) < 4.78 is 13.1. The van der Waals surface area contributed by atoms with Gasteiger partial charge in [-0.3, -0.25) is 9.59 Å². The molecule has 2 heterocycles. The molecule has 21 heavy (non-hydrogen) atoms. The molecule has 0 bridgehead atoms. The van der Waals surface area contributed by atoms with Crippen LogP contribution in [0.15, 0.2) is 18.2 Å². The third-order valence-electron chi connectivity index (χ3n) is 3.98. The monoisotopic (exact) mass is 294 g/mol. The van der Waals surface area contributed by atoms with Gasteiger partial charge in [0.2, 0.25) is 5.95 Å². The highest BCUT2D eigenvalue weighted by atomic mass is 19.1. The minimum Gasteiger partial charge on any atom is -0.481 e. The lowest BCUT2D eigenvalue weighted by molar-refractivity contribution is -0.152. The summed E-state index contributed by atoms with van der Waals surface area (Å²) in [6, 6.07) is 4.05. The van der Waals surface area contributed by atoms with Crippen molar-refractivity contribution >= 4 is 11.9 Å². The fourth-order valence-corrected chi connectivity index (χ4v) is 2.96. The SMILES string of the molecule is CCCC1(C(=O)O)CCCN(C(=O)c2cccc(F)n2)C1. The number of hydrogen-bond donors (Lipinski definition) is 1. The van der Waals surface area contributed by atoms with E-state index in [1.165, 1.54) is 23.1 Å². The molecule has 1 atom stereocenters. The van der Waals surface area contributed by atoms with Crippen molar-refractivity contribution in [2.45, 2.75) is 32.6 Å². The maximum absolute atomic E-state index is 13.1. The van der Waals surface area contributed by atoms with E-state index in [0.717, 1.165) is 6.42 Å². The molecule has 0 aliphatic carbocycles. The Kier molecular flexibility index (Phi) is 4.55. The largest absolute Gasteiger partial charge is 0.481 e. The Morgan fingerprint density at radius 3 is 2.86 bits per heavy atom. The number of nitrogens with zero attached hydrogens (tertiary/aromatic N) is 2. The van der Waals surface area contributed by atoms with Gasteiger partial charge in [-0.25, -0.2) is 4.98 Å². The lowest BCUT2D eigenvalue weighted by atomic mass is 9.76. The topological polar surface area (TPSA) is 70.5 Å². The zero-order chi connectivity index (χ0) is 15.5. The van der Waals surface area contributed by atoms with Crippen LogP contribution < -0.4 is 0 Å². The number of hydrogen-bond acceptors (Lipinski definition) is 3. The van der Waals surface area contributed by atoms with Crippen LogP contribution in [0.1, 0.15) is 43.1 Å². The summed E-state index contributed by atoms with van der Waals surface area (Å²) in [7, 11) is 0. The van der Waals surface area contributed by atoms with Crippen molar-refractivity contribution in [1.82, 2.24) is 9.88 Å².